The molecule has 1 aliphatic heterocycles. The lowest BCUT2D eigenvalue weighted by Gasteiger charge is -2.20. The van der Waals surface area contributed by atoms with Crippen molar-refractivity contribution in [2.45, 2.75) is 20.0 Å². The van der Waals surface area contributed by atoms with Crippen LogP contribution >= 0.6 is 0 Å². The summed E-state index contributed by atoms with van der Waals surface area (Å²) in [5.74, 6) is 1.09. The number of hydrogen-bond acceptors (Lipinski definition) is 3. The van der Waals surface area contributed by atoms with E-state index in [1.165, 1.54) is 0 Å². The Balaban J connectivity index is 1.96. The number of aryl methyl sites for hydroxylation is 2. The van der Waals surface area contributed by atoms with Crippen molar-refractivity contribution >= 4 is 0 Å². The Morgan fingerprint density at radius 1 is 0.952 bits per heavy atom. The Labute approximate surface area is 122 Å². The maximum absolute atomic E-state index is 13.7. The molecule has 0 spiro atoms. The van der Waals surface area contributed by atoms with Crippen LogP contribution in [0.15, 0.2) is 30.3 Å². The summed E-state index contributed by atoms with van der Waals surface area (Å²) < 4.78 is 24.7. The fraction of sp³-hybridized carbons (Fsp3) is 0.294. The fourth-order valence-corrected chi connectivity index (χ4v) is 2.56. The van der Waals surface area contributed by atoms with Gasteiger partial charge in [0.2, 0.25) is 0 Å². The van der Waals surface area contributed by atoms with Crippen LogP contribution < -0.4 is 9.47 Å². The van der Waals surface area contributed by atoms with Gasteiger partial charge < -0.3 is 14.6 Å². The van der Waals surface area contributed by atoms with Crippen molar-refractivity contribution in [2.24, 2.45) is 0 Å². The van der Waals surface area contributed by atoms with E-state index in [4.69, 9.17) is 9.47 Å². The Morgan fingerprint density at radius 2 is 1.57 bits per heavy atom. The normalized spacial score (nSPS) is 14.9. The molecule has 0 fully saturated rings. The van der Waals surface area contributed by atoms with Crippen LogP contribution in [-0.4, -0.2) is 18.3 Å². The van der Waals surface area contributed by atoms with Gasteiger partial charge in [-0.1, -0.05) is 18.2 Å². The zero-order chi connectivity index (χ0) is 15.0. The van der Waals surface area contributed by atoms with Crippen molar-refractivity contribution in [1.29, 1.82) is 0 Å². The van der Waals surface area contributed by atoms with Crippen molar-refractivity contribution < 1.29 is 19.0 Å². The Bertz CT molecular complexity index is 659. The molecular weight excluding hydrogens is 271 g/mol. The van der Waals surface area contributed by atoms with E-state index in [1.54, 1.807) is 44.2 Å². The van der Waals surface area contributed by atoms with Gasteiger partial charge in [-0.2, -0.15) is 0 Å². The standard InChI is InChI=1S/C17H17FO3/c1-10-7-13(8-11(2)16(10)18)17(19)12-3-4-14-15(9-12)21-6-5-20-14/h3-4,7-9,17,19H,5-6H2,1-2H3. The van der Waals surface area contributed by atoms with E-state index in [-0.39, 0.29) is 5.82 Å². The highest BCUT2D eigenvalue weighted by molar-refractivity contribution is 5.46. The van der Waals surface area contributed by atoms with E-state index < -0.39 is 6.10 Å². The smallest absolute Gasteiger partial charge is 0.161 e. The number of benzene rings is 2. The van der Waals surface area contributed by atoms with E-state index in [0.29, 0.717) is 47.0 Å². The topological polar surface area (TPSA) is 38.7 Å². The minimum Gasteiger partial charge on any atom is -0.486 e. The van der Waals surface area contributed by atoms with Crippen LogP contribution in [0.5, 0.6) is 11.5 Å². The molecule has 0 radical (unpaired) electrons. The van der Waals surface area contributed by atoms with Crippen LogP contribution in [0.2, 0.25) is 0 Å². The van der Waals surface area contributed by atoms with Crippen LogP contribution in [0.1, 0.15) is 28.4 Å². The Morgan fingerprint density at radius 3 is 2.24 bits per heavy atom. The number of ether oxygens (including phenoxy) is 2. The van der Waals surface area contributed by atoms with Gasteiger partial charge in [0.25, 0.3) is 0 Å². The molecule has 0 amide bonds. The molecule has 3 nitrogen and oxygen atoms in total. The average Bonchev–Trinajstić information content (AvgIpc) is 2.51. The molecule has 110 valence electrons. The van der Waals surface area contributed by atoms with Gasteiger partial charge in [0, 0.05) is 0 Å². The fourth-order valence-electron chi connectivity index (χ4n) is 2.56. The van der Waals surface area contributed by atoms with E-state index in [2.05, 4.69) is 0 Å². The molecule has 0 saturated carbocycles. The molecule has 1 aliphatic rings. The summed E-state index contributed by atoms with van der Waals surface area (Å²) in [5.41, 5.74) is 2.43. The highest BCUT2D eigenvalue weighted by atomic mass is 19.1. The molecule has 0 bridgehead atoms. The first-order valence-corrected chi connectivity index (χ1v) is 6.90. The summed E-state index contributed by atoms with van der Waals surface area (Å²) in [5, 5.41) is 10.5. The lowest BCUT2D eigenvalue weighted by Crippen LogP contribution is -2.15. The van der Waals surface area contributed by atoms with Gasteiger partial charge in [-0.25, -0.2) is 4.39 Å². The average molecular weight is 288 g/mol. The van der Waals surface area contributed by atoms with Crippen molar-refractivity contribution in [3.05, 3.63) is 58.4 Å². The SMILES string of the molecule is Cc1cc(C(O)c2ccc3c(c2)OCCO3)cc(C)c1F. The summed E-state index contributed by atoms with van der Waals surface area (Å²) in [6.07, 6.45) is -0.821. The molecule has 21 heavy (non-hydrogen) atoms. The second kappa shape index (κ2) is 5.37. The molecule has 1 N–H and O–H groups in total. The number of hydrogen-bond donors (Lipinski definition) is 1. The monoisotopic (exact) mass is 288 g/mol. The van der Waals surface area contributed by atoms with E-state index in [1.807, 2.05) is 0 Å². The zero-order valence-electron chi connectivity index (χ0n) is 12.0. The Hall–Kier alpha value is -2.07. The van der Waals surface area contributed by atoms with Crippen molar-refractivity contribution in [2.75, 3.05) is 13.2 Å². The van der Waals surface area contributed by atoms with E-state index in [0.717, 1.165) is 0 Å². The third-order valence-electron chi connectivity index (χ3n) is 3.66. The summed E-state index contributed by atoms with van der Waals surface area (Å²) in [4.78, 5) is 0. The Kier molecular flexibility index (Phi) is 3.55. The first-order chi connectivity index (χ1) is 10.1. The molecule has 1 heterocycles. The van der Waals surface area contributed by atoms with E-state index in [9.17, 15) is 9.50 Å². The third-order valence-corrected chi connectivity index (χ3v) is 3.66. The molecule has 2 aromatic rings. The highest BCUT2D eigenvalue weighted by Crippen LogP contribution is 2.34. The maximum atomic E-state index is 13.7. The van der Waals surface area contributed by atoms with Gasteiger partial charge in [-0.3, -0.25) is 0 Å². The minimum atomic E-state index is -0.821. The first kappa shape index (κ1) is 13.9. The van der Waals surface area contributed by atoms with Gasteiger partial charge in [-0.15, -0.1) is 0 Å². The zero-order valence-corrected chi connectivity index (χ0v) is 12.0. The largest absolute Gasteiger partial charge is 0.486 e. The quantitative estimate of drug-likeness (QED) is 0.921. The second-order valence-electron chi connectivity index (χ2n) is 5.27. The number of halogens is 1. The molecular formula is C17H17FO3. The van der Waals surface area contributed by atoms with Gasteiger partial charge in [0.1, 0.15) is 25.1 Å². The third kappa shape index (κ3) is 2.59. The molecule has 2 aromatic carbocycles. The van der Waals surface area contributed by atoms with Crippen molar-refractivity contribution in [1.82, 2.24) is 0 Å². The van der Waals surface area contributed by atoms with Crippen LogP contribution in [0.4, 0.5) is 4.39 Å². The molecule has 0 aliphatic carbocycles. The summed E-state index contributed by atoms with van der Waals surface area (Å²) in [7, 11) is 0. The summed E-state index contributed by atoms with van der Waals surface area (Å²) >= 11 is 0. The number of fused-ring (bicyclic) bond motifs is 1. The van der Waals surface area contributed by atoms with Gasteiger partial charge >= 0.3 is 0 Å². The second-order valence-corrected chi connectivity index (χ2v) is 5.27. The lowest BCUT2D eigenvalue weighted by atomic mass is 9.97. The van der Waals surface area contributed by atoms with E-state index >= 15 is 0 Å². The molecule has 1 atom stereocenters. The lowest BCUT2D eigenvalue weighted by molar-refractivity contribution is 0.169. The number of aliphatic hydroxyl groups excluding tert-OH is 1. The number of rotatable bonds is 2. The highest BCUT2D eigenvalue weighted by Gasteiger charge is 2.18. The summed E-state index contributed by atoms with van der Waals surface area (Å²) in [6.45, 7) is 4.43. The molecule has 3 rings (SSSR count). The van der Waals surface area contributed by atoms with Crippen LogP contribution in [0, 0.1) is 19.7 Å². The van der Waals surface area contributed by atoms with Crippen LogP contribution in [0.3, 0.4) is 0 Å². The predicted octanol–water partition coefficient (Wildman–Crippen LogP) is 3.30. The van der Waals surface area contributed by atoms with Gasteiger partial charge in [0.15, 0.2) is 11.5 Å². The molecule has 0 saturated heterocycles. The predicted molar refractivity (Wildman–Crippen MR) is 77.4 cm³/mol. The summed E-state index contributed by atoms with van der Waals surface area (Å²) in [6, 6.07) is 8.70. The minimum absolute atomic E-state index is 0.229. The molecule has 4 heteroatoms. The van der Waals surface area contributed by atoms with Crippen molar-refractivity contribution in [3.8, 4) is 11.5 Å². The first-order valence-electron chi connectivity index (χ1n) is 6.90. The van der Waals surface area contributed by atoms with Crippen molar-refractivity contribution in [3.63, 3.8) is 0 Å². The molecule has 1 unspecified atom stereocenters. The maximum Gasteiger partial charge on any atom is 0.161 e. The van der Waals surface area contributed by atoms with Crippen LogP contribution in [-0.2, 0) is 0 Å². The molecule has 0 aromatic heterocycles. The number of aliphatic hydroxyl groups is 1. The van der Waals surface area contributed by atoms with Gasteiger partial charge in [0.05, 0.1) is 0 Å². The van der Waals surface area contributed by atoms with Crippen LogP contribution in [0.25, 0.3) is 0 Å². The van der Waals surface area contributed by atoms with Gasteiger partial charge in [-0.05, 0) is 48.2 Å².